The lowest BCUT2D eigenvalue weighted by Crippen LogP contribution is -2.29. The fourth-order valence-electron chi connectivity index (χ4n) is 6.01. The Hall–Kier alpha value is -8.44. The van der Waals surface area contributed by atoms with Gasteiger partial charge >= 0.3 is 0 Å². The summed E-state index contributed by atoms with van der Waals surface area (Å²) < 4.78 is 0. The quantitative estimate of drug-likeness (QED) is 0.0529. The highest BCUT2D eigenvalue weighted by Gasteiger charge is 2.33. The van der Waals surface area contributed by atoms with Gasteiger partial charge in [-0.3, -0.25) is 59.6 Å². The van der Waals surface area contributed by atoms with Crippen LogP contribution in [-0.2, 0) is 19.2 Å². The van der Waals surface area contributed by atoms with E-state index in [0.29, 0.717) is 12.1 Å². The highest BCUT2D eigenvalue weighted by Crippen LogP contribution is 2.48. The van der Waals surface area contributed by atoms with E-state index in [1.165, 1.54) is 24.3 Å². The van der Waals surface area contributed by atoms with Crippen LogP contribution in [0.1, 0.15) is 83.1 Å². The van der Waals surface area contributed by atoms with Crippen LogP contribution in [0.25, 0.3) is 0 Å². The number of fused-ring (bicyclic) bond motifs is 8. The largest absolute Gasteiger partial charge is 0.348 e. The molecule has 24 heteroatoms. The number of anilines is 12. The van der Waals surface area contributed by atoms with Gasteiger partial charge in [-0.15, -0.1) is 0 Å². The number of hydrogen-bond acceptors (Lipinski definition) is 16. The predicted molar refractivity (Wildman–Crippen MR) is 258 cm³/mol. The molecule has 360 valence electrons. The van der Waals surface area contributed by atoms with Gasteiger partial charge in [0.05, 0.1) is 77.3 Å². The minimum absolute atomic E-state index is 0.0896. The molecule has 4 amide bonds. The highest BCUT2D eigenvalue weighted by molar-refractivity contribution is 6.07. The summed E-state index contributed by atoms with van der Waals surface area (Å²) in [6.45, 7) is 19.2. The van der Waals surface area contributed by atoms with E-state index >= 15 is 0 Å². The molecule has 0 spiro atoms. The molecular formula is C44H52N12O12. The second-order valence-electron chi connectivity index (χ2n) is 20.0. The van der Waals surface area contributed by atoms with Crippen molar-refractivity contribution in [1.29, 1.82) is 0 Å². The van der Waals surface area contributed by atoms with E-state index in [1.54, 1.807) is 83.1 Å². The topological polar surface area (TPSA) is 337 Å². The summed E-state index contributed by atoms with van der Waals surface area (Å²) in [6.07, 6.45) is 0. The van der Waals surface area contributed by atoms with Crippen molar-refractivity contribution in [3.63, 3.8) is 0 Å². The van der Waals surface area contributed by atoms with E-state index < -0.39 is 110 Å². The van der Waals surface area contributed by atoms with E-state index in [-0.39, 0.29) is 45.5 Å². The lowest BCUT2D eigenvalue weighted by Gasteiger charge is -2.25. The minimum atomic E-state index is -1.04. The van der Waals surface area contributed by atoms with Gasteiger partial charge in [0.2, 0.25) is 23.6 Å². The van der Waals surface area contributed by atoms with Crippen LogP contribution in [0.4, 0.5) is 91.0 Å². The molecule has 24 nitrogen and oxygen atoms in total. The van der Waals surface area contributed by atoms with Crippen molar-refractivity contribution < 1.29 is 38.9 Å². The standard InChI is InChI=1S/C44H52N12O12/c1-41(2,3)37(57)49-25-15-26(50-38(58)42(4,5)6)22-13-21(25)45-29-17-30(34(54(63)64)19-33(29)53(61)62)47-23-14-24(48-32-18-31(46-22)35(55(65)66)20-36(32)56(67)68)28(52-40(60)44(10,11)12)16-27(23)51-39(59)43(7,8)9/h13-20,45-48H,1-12H3,(H,49,57)(H,50,58)(H,51,59)(H,52,60). The molecule has 4 aromatic carbocycles. The first-order valence-corrected chi connectivity index (χ1v) is 20.8. The third kappa shape index (κ3) is 11.3. The molecule has 0 saturated heterocycles. The van der Waals surface area contributed by atoms with Gasteiger partial charge in [-0.25, -0.2) is 0 Å². The second-order valence-corrected chi connectivity index (χ2v) is 20.0. The van der Waals surface area contributed by atoms with Crippen LogP contribution < -0.4 is 42.5 Å². The van der Waals surface area contributed by atoms with Crippen molar-refractivity contribution in [3.05, 3.63) is 89.0 Å². The molecule has 1 aliphatic rings. The lowest BCUT2D eigenvalue weighted by molar-refractivity contribution is -0.393. The zero-order valence-corrected chi connectivity index (χ0v) is 39.3. The molecule has 5 rings (SSSR count). The van der Waals surface area contributed by atoms with E-state index in [1.807, 2.05) is 0 Å². The van der Waals surface area contributed by atoms with Crippen LogP contribution in [0.5, 0.6) is 0 Å². The molecule has 1 heterocycles. The van der Waals surface area contributed by atoms with E-state index in [9.17, 15) is 59.6 Å². The second kappa shape index (κ2) is 18.1. The Labute approximate surface area is 389 Å². The zero-order chi connectivity index (χ0) is 51.2. The van der Waals surface area contributed by atoms with Gasteiger partial charge in [-0.05, 0) is 36.4 Å². The predicted octanol–water partition coefficient (Wildman–Crippen LogP) is 10.5. The van der Waals surface area contributed by atoms with Crippen molar-refractivity contribution in [2.75, 3.05) is 42.5 Å². The maximum absolute atomic E-state index is 13.6. The summed E-state index contributed by atoms with van der Waals surface area (Å²) in [5.74, 6) is -2.27. The summed E-state index contributed by atoms with van der Waals surface area (Å²) >= 11 is 0. The first kappa shape index (κ1) is 50.6. The number of benzene rings is 4. The van der Waals surface area contributed by atoms with Gasteiger partial charge in [0.1, 0.15) is 22.7 Å². The van der Waals surface area contributed by atoms with E-state index in [0.717, 1.165) is 12.1 Å². The smallest absolute Gasteiger partial charge is 0.299 e. The fourth-order valence-corrected chi connectivity index (χ4v) is 6.01. The third-order valence-corrected chi connectivity index (χ3v) is 10.1. The molecule has 0 aliphatic carbocycles. The molecule has 0 fully saturated rings. The number of carbonyl (C=O) groups excluding carboxylic acids is 4. The Morgan fingerprint density at radius 1 is 0.338 bits per heavy atom. The number of rotatable bonds is 8. The van der Waals surface area contributed by atoms with Crippen LogP contribution in [0.3, 0.4) is 0 Å². The first-order chi connectivity index (χ1) is 31.1. The summed E-state index contributed by atoms with van der Waals surface area (Å²) in [6, 6.07) is 8.40. The van der Waals surface area contributed by atoms with Crippen LogP contribution in [0.2, 0.25) is 0 Å². The Morgan fingerprint density at radius 2 is 0.515 bits per heavy atom. The van der Waals surface area contributed by atoms with Crippen molar-refractivity contribution in [3.8, 4) is 0 Å². The van der Waals surface area contributed by atoms with E-state index in [2.05, 4.69) is 42.5 Å². The van der Waals surface area contributed by atoms with Crippen LogP contribution in [-0.4, -0.2) is 43.3 Å². The maximum atomic E-state index is 13.6. The summed E-state index contributed by atoms with van der Waals surface area (Å²) in [4.78, 5) is 102. The summed E-state index contributed by atoms with van der Waals surface area (Å²) in [5.41, 5.74) is -9.96. The van der Waals surface area contributed by atoms with Gasteiger partial charge < -0.3 is 42.5 Å². The molecular weight excluding hydrogens is 889 g/mol. The van der Waals surface area contributed by atoms with Crippen molar-refractivity contribution in [1.82, 2.24) is 0 Å². The molecule has 8 N–H and O–H groups in total. The maximum Gasteiger partial charge on any atom is 0.299 e. The molecule has 0 unspecified atom stereocenters. The highest BCUT2D eigenvalue weighted by atomic mass is 16.6. The van der Waals surface area contributed by atoms with Crippen LogP contribution in [0, 0.1) is 62.1 Å². The number of amides is 4. The SMILES string of the molecule is CC(C)(C)C(=O)Nc1cc(NC(=O)C(C)(C)C)c2cc1Nc1cc(c([N+](=O)[O-])cc1[N+](=O)[O-])Nc1cc(c(NC(=O)C(C)(C)C)cc1NC(=O)C(C)(C)C)Nc1cc(c([N+](=O)[O-])cc1[N+](=O)[O-])N2. The Morgan fingerprint density at radius 3 is 0.676 bits per heavy atom. The number of nitro benzene ring substituents is 4. The average Bonchev–Trinajstić information content (AvgIpc) is 3.18. The number of nitrogens with zero attached hydrogens (tertiary/aromatic N) is 4. The van der Waals surface area contributed by atoms with Gasteiger partial charge in [-0.1, -0.05) is 83.1 Å². The van der Waals surface area contributed by atoms with Crippen LogP contribution in [0.15, 0.2) is 48.5 Å². The number of nitro groups is 4. The number of hydrogen-bond donors (Lipinski definition) is 8. The fraction of sp³-hybridized carbons (Fsp3) is 0.364. The van der Waals surface area contributed by atoms with Crippen LogP contribution >= 0.6 is 0 Å². The molecule has 68 heavy (non-hydrogen) atoms. The number of carbonyl (C=O) groups is 4. The number of nitrogens with one attached hydrogen (secondary N) is 8. The van der Waals surface area contributed by atoms with Crippen molar-refractivity contribution in [2.24, 2.45) is 21.7 Å². The zero-order valence-electron chi connectivity index (χ0n) is 39.3. The van der Waals surface area contributed by atoms with Crippen molar-refractivity contribution >= 4 is 115 Å². The summed E-state index contributed by atoms with van der Waals surface area (Å²) in [7, 11) is 0. The van der Waals surface area contributed by atoms with Crippen molar-refractivity contribution in [2.45, 2.75) is 83.1 Å². The van der Waals surface area contributed by atoms with E-state index in [4.69, 9.17) is 0 Å². The Bertz CT molecular complexity index is 2470. The normalized spacial score (nSPS) is 12.4. The van der Waals surface area contributed by atoms with Gasteiger partial charge in [0, 0.05) is 21.7 Å². The third-order valence-electron chi connectivity index (χ3n) is 10.1. The minimum Gasteiger partial charge on any atom is -0.348 e. The monoisotopic (exact) mass is 940 g/mol. The first-order valence-electron chi connectivity index (χ1n) is 20.8. The summed E-state index contributed by atoms with van der Waals surface area (Å²) in [5, 5.41) is 73.3. The Kier molecular flexibility index (Phi) is 13.5. The Balaban J connectivity index is 2.00. The van der Waals surface area contributed by atoms with Gasteiger partial charge in [0.25, 0.3) is 22.7 Å². The van der Waals surface area contributed by atoms with Gasteiger partial charge in [0.15, 0.2) is 0 Å². The molecule has 4 aromatic rings. The van der Waals surface area contributed by atoms with Gasteiger partial charge in [-0.2, -0.15) is 0 Å². The molecule has 0 radical (unpaired) electrons. The molecule has 0 saturated carbocycles. The lowest BCUT2D eigenvalue weighted by atomic mass is 9.95. The molecule has 1 aliphatic heterocycles. The molecule has 0 atom stereocenters. The average molecular weight is 941 g/mol. The molecule has 0 aromatic heterocycles. The molecule has 8 bridgehead atoms.